The van der Waals surface area contributed by atoms with E-state index in [1.54, 1.807) is 6.07 Å². The second kappa shape index (κ2) is 8.39. The number of carbonyl (C=O) groups excluding carboxylic acids is 4. The van der Waals surface area contributed by atoms with Crippen molar-refractivity contribution in [3.05, 3.63) is 35.5 Å². The maximum atomic E-state index is 13.1. The molecule has 2 aliphatic heterocycles. The number of nitrogens with zero attached hydrogens (tertiary/aromatic N) is 2. The largest absolute Gasteiger partial charge is 0.422 e. The summed E-state index contributed by atoms with van der Waals surface area (Å²) in [6.07, 6.45) is 1.24. The molecule has 2 aliphatic rings. The van der Waals surface area contributed by atoms with E-state index in [1.807, 2.05) is 6.92 Å². The molecule has 0 unspecified atom stereocenters. The SMILES string of the molecule is CCCCN1C(C(C)=O)=C(OC(=O)CN2C(=O)CCC2=O)c2ccccc2S1(=O)=O. The summed E-state index contributed by atoms with van der Waals surface area (Å²) in [6, 6.07) is 5.92. The van der Waals surface area contributed by atoms with E-state index in [1.165, 1.54) is 25.1 Å². The molecule has 0 spiro atoms. The zero-order chi connectivity index (χ0) is 22.1. The molecule has 0 aromatic heterocycles. The second-order valence-electron chi connectivity index (χ2n) is 7.01. The Labute approximate surface area is 174 Å². The number of hydrogen-bond donors (Lipinski definition) is 0. The number of benzene rings is 1. The molecule has 1 aromatic rings. The molecule has 1 aromatic carbocycles. The van der Waals surface area contributed by atoms with Crippen LogP contribution in [-0.4, -0.2) is 54.3 Å². The highest BCUT2D eigenvalue weighted by Gasteiger charge is 2.40. The number of amides is 2. The van der Waals surface area contributed by atoms with Crippen LogP contribution < -0.4 is 0 Å². The van der Waals surface area contributed by atoms with Crippen LogP contribution in [0.15, 0.2) is 34.9 Å². The van der Waals surface area contributed by atoms with Gasteiger partial charge in [-0.05, 0) is 18.6 Å². The lowest BCUT2D eigenvalue weighted by Gasteiger charge is -2.32. The minimum Gasteiger partial charge on any atom is -0.422 e. The van der Waals surface area contributed by atoms with E-state index in [4.69, 9.17) is 4.74 Å². The van der Waals surface area contributed by atoms with E-state index < -0.39 is 40.1 Å². The Morgan fingerprint density at radius 3 is 2.33 bits per heavy atom. The van der Waals surface area contributed by atoms with E-state index in [-0.39, 0.29) is 41.3 Å². The first-order valence-electron chi connectivity index (χ1n) is 9.59. The van der Waals surface area contributed by atoms with Crippen molar-refractivity contribution in [2.24, 2.45) is 0 Å². The fourth-order valence-electron chi connectivity index (χ4n) is 3.41. The van der Waals surface area contributed by atoms with Crippen LogP contribution >= 0.6 is 0 Å². The van der Waals surface area contributed by atoms with Crippen LogP contribution in [0.2, 0.25) is 0 Å². The first-order chi connectivity index (χ1) is 14.2. The van der Waals surface area contributed by atoms with Gasteiger partial charge >= 0.3 is 5.97 Å². The summed E-state index contributed by atoms with van der Waals surface area (Å²) in [5.41, 5.74) is -0.155. The number of unbranched alkanes of at least 4 members (excludes halogenated alkanes) is 1. The number of imide groups is 1. The number of sulfonamides is 1. The number of fused-ring (bicyclic) bond motifs is 1. The predicted octanol–water partition coefficient (Wildman–Crippen LogP) is 1.44. The third-order valence-corrected chi connectivity index (χ3v) is 6.73. The van der Waals surface area contributed by atoms with E-state index in [0.717, 1.165) is 9.21 Å². The Balaban J connectivity index is 2.05. The van der Waals surface area contributed by atoms with Crippen molar-refractivity contribution in [3.8, 4) is 0 Å². The van der Waals surface area contributed by atoms with Crippen LogP contribution in [0.5, 0.6) is 0 Å². The quantitative estimate of drug-likeness (QED) is 0.471. The Bertz CT molecular complexity index is 1040. The van der Waals surface area contributed by atoms with Crippen LogP contribution in [0, 0.1) is 0 Å². The molecule has 160 valence electrons. The molecule has 0 bridgehead atoms. The molecule has 9 nitrogen and oxygen atoms in total. The molecule has 1 saturated heterocycles. The lowest BCUT2D eigenvalue weighted by atomic mass is 10.1. The van der Waals surface area contributed by atoms with Crippen molar-refractivity contribution in [2.75, 3.05) is 13.1 Å². The number of ketones is 1. The summed E-state index contributed by atoms with van der Waals surface area (Å²) in [6.45, 7) is 2.52. The van der Waals surface area contributed by atoms with Crippen LogP contribution in [0.4, 0.5) is 0 Å². The molecule has 1 fully saturated rings. The van der Waals surface area contributed by atoms with Gasteiger partial charge in [0.15, 0.2) is 11.5 Å². The number of carbonyl (C=O) groups is 4. The van der Waals surface area contributed by atoms with Gasteiger partial charge in [0.1, 0.15) is 12.2 Å². The van der Waals surface area contributed by atoms with Gasteiger partial charge in [-0.2, -0.15) is 0 Å². The van der Waals surface area contributed by atoms with Crippen LogP contribution in [0.25, 0.3) is 5.76 Å². The standard InChI is InChI=1S/C20H22N2O7S/c1-3-4-11-22-19(13(2)23)20(14-7-5-6-8-15(14)30(22,27)28)29-18(26)12-21-16(24)9-10-17(21)25/h5-8H,3-4,9-12H2,1-2H3. The van der Waals surface area contributed by atoms with Gasteiger partial charge in [0.05, 0.1) is 4.90 Å². The molecule has 0 atom stereocenters. The fourth-order valence-corrected chi connectivity index (χ4v) is 5.15. The van der Waals surface area contributed by atoms with Crippen LogP contribution in [0.1, 0.15) is 45.1 Å². The zero-order valence-corrected chi connectivity index (χ0v) is 17.5. The second-order valence-corrected chi connectivity index (χ2v) is 8.84. The topological polar surface area (TPSA) is 118 Å². The van der Waals surface area contributed by atoms with Crippen molar-refractivity contribution < 1.29 is 32.3 Å². The molecular weight excluding hydrogens is 412 g/mol. The van der Waals surface area contributed by atoms with Crippen LogP contribution in [-0.2, 0) is 33.9 Å². The lowest BCUT2D eigenvalue weighted by molar-refractivity contribution is -0.148. The summed E-state index contributed by atoms with van der Waals surface area (Å²) >= 11 is 0. The summed E-state index contributed by atoms with van der Waals surface area (Å²) in [4.78, 5) is 49.3. The van der Waals surface area contributed by atoms with Gasteiger partial charge in [-0.15, -0.1) is 0 Å². The smallest absolute Gasteiger partial charge is 0.331 e. The van der Waals surface area contributed by atoms with Crippen molar-refractivity contribution >= 4 is 39.3 Å². The summed E-state index contributed by atoms with van der Waals surface area (Å²) in [7, 11) is -4.01. The molecule has 0 radical (unpaired) electrons. The Hall–Kier alpha value is -3.01. The number of allylic oxidation sites excluding steroid dienone is 1. The van der Waals surface area contributed by atoms with Gasteiger partial charge < -0.3 is 4.74 Å². The minimum absolute atomic E-state index is 0.0272. The van der Waals surface area contributed by atoms with Gasteiger partial charge in [-0.25, -0.2) is 13.2 Å². The van der Waals surface area contributed by atoms with Gasteiger partial charge in [0.2, 0.25) is 11.8 Å². The molecule has 0 aliphatic carbocycles. The number of likely N-dealkylation sites (tertiary alicyclic amines) is 1. The van der Waals surface area contributed by atoms with E-state index in [2.05, 4.69) is 0 Å². The van der Waals surface area contributed by atoms with Gasteiger partial charge in [-0.1, -0.05) is 25.5 Å². The zero-order valence-electron chi connectivity index (χ0n) is 16.7. The molecule has 30 heavy (non-hydrogen) atoms. The van der Waals surface area contributed by atoms with Gasteiger partial charge in [-0.3, -0.25) is 23.6 Å². The van der Waals surface area contributed by atoms with Crippen molar-refractivity contribution in [1.29, 1.82) is 0 Å². The Morgan fingerprint density at radius 1 is 1.10 bits per heavy atom. The molecule has 0 saturated carbocycles. The lowest BCUT2D eigenvalue weighted by Crippen LogP contribution is -2.39. The average molecular weight is 434 g/mol. The first kappa shape index (κ1) is 21.7. The highest BCUT2D eigenvalue weighted by molar-refractivity contribution is 7.89. The Morgan fingerprint density at radius 2 is 1.73 bits per heavy atom. The highest BCUT2D eigenvalue weighted by atomic mass is 32.2. The number of rotatable bonds is 7. The summed E-state index contributed by atoms with van der Waals surface area (Å²) in [5, 5.41) is 0. The fraction of sp³-hybridized carbons (Fsp3) is 0.400. The van der Waals surface area contributed by atoms with E-state index in [9.17, 15) is 27.6 Å². The molecule has 3 rings (SSSR count). The van der Waals surface area contributed by atoms with Crippen molar-refractivity contribution in [1.82, 2.24) is 9.21 Å². The number of Topliss-reactive ketones (excluding diaryl/α,β-unsaturated/α-hetero) is 1. The third-order valence-electron chi connectivity index (χ3n) is 4.87. The van der Waals surface area contributed by atoms with Crippen molar-refractivity contribution in [3.63, 3.8) is 0 Å². The third kappa shape index (κ3) is 3.87. The van der Waals surface area contributed by atoms with E-state index >= 15 is 0 Å². The van der Waals surface area contributed by atoms with Crippen LogP contribution in [0.3, 0.4) is 0 Å². The summed E-state index contributed by atoms with van der Waals surface area (Å²) in [5.74, 6) is -2.66. The molecular formula is C20H22N2O7S. The average Bonchev–Trinajstić information content (AvgIpc) is 3.00. The highest BCUT2D eigenvalue weighted by Crippen LogP contribution is 2.38. The molecule has 2 heterocycles. The maximum absolute atomic E-state index is 13.1. The summed E-state index contributed by atoms with van der Waals surface area (Å²) < 4.78 is 32.6. The number of esters is 1. The van der Waals surface area contributed by atoms with Gasteiger partial charge in [0, 0.05) is 31.9 Å². The minimum atomic E-state index is -4.01. The monoisotopic (exact) mass is 434 g/mol. The predicted molar refractivity (Wildman–Crippen MR) is 105 cm³/mol. The normalized spacial score (nSPS) is 17.9. The Kier molecular flexibility index (Phi) is 6.06. The van der Waals surface area contributed by atoms with Gasteiger partial charge in [0.25, 0.3) is 10.0 Å². The molecule has 10 heteroatoms. The number of ether oxygens (including phenoxy) is 1. The molecule has 0 N–H and O–H groups in total. The first-order valence-corrected chi connectivity index (χ1v) is 11.0. The van der Waals surface area contributed by atoms with E-state index in [0.29, 0.717) is 12.8 Å². The van der Waals surface area contributed by atoms with Crippen molar-refractivity contribution in [2.45, 2.75) is 44.4 Å². The maximum Gasteiger partial charge on any atom is 0.331 e. The number of hydrogen-bond acceptors (Lipinski definition) is 7. The molecule has 2 amide bonds.